The van der Waals surface area contributed by atoms with E-state index >= 15 is 0 Å². The molecule has 0 saturated heterocycles. The number of aryl methyl sites for hydroxylation is 1. The zero-order valence-electron chi connectivity index (χ0n) is 13.9. The summed E-state index contributed by atoms with van der Waals surface area (Å²) < 4.78 is 5.73. The summed E-state index contributed by atoms with van der Waals surface area (Å²) in [6.07, 6.45) is 1.06. The van der Waals surface area contributed by atoms with Gasteiger partial charge in [-0.3, -0.25) is 0 Å². The van der Waals surface area contributed by atoms with Crippen LogP contribution in [-0.4, -0.2) is 30.5 Å². The largest absolute Gasteiger partial charge is 0.424 e. The van der Waals surface area contributed by atoms with Crippen LogP contribution in [-0.2, 0) is 6.42 Å². The molecular formula is C19H23N3O. The lowest BCUT2D eigenvalue weighted by Gasteiger charge is -2.25. The van der Waals surface area contributed by atoms with Crippen LogP contribution in [0, 0.1) is 0 Å². The summed E-state index contributed by atoms with van der Waals surface area (Å²) in [5.74, 6) is 0. The summed E-state index contributed by atoms with van der Waals surface area (Å²) in [6.45, 7) is 2.92. The molecule has 4 heteroatoms. The molecule has 0 amide bonds. The topological polar surface area (TPSA) is 41.3 Å². The van der Waals surface area contributed by atoms with Gasteiger partial charge in [-0.05, 0) is 43.8 Å². The Kier molecular flexibility index (Phi) is 4.63. The number of fused-ring (bicyclic) bond motifs is 1. The van der Waals surface area contributed by atoms with Gasteiger partial charge in [0.05, 0.1) is 6.04 Å². The van der Waals surface area contributed by atoms with Crippen LogP contribution in [0.4, 0.5) is 6.01 Å². The summed E-state index contributed by atoms with van der Waals surface area (Å²) in [7, 11) is 4.18. The molecule has 23 heavy (non-hydrogen) atoms. The quantitative estimate of drug-likeness (QED) is 0.744. The van der Waals surface area contributed by atoms with Crippen molar-refractivity contribution in [2.75, 3.05) is 26.0 Å². The summed E-state index contributed by atoms with van der Waals surface area (Å²) in [6, 6.07) is 17.4. The van der Waals surface area contributed by atoms with Crippen LogP contribution in [0.5, 0.6) is 0 Å². The fourth-order valence-corrected chi connectivity index (χ4v) is 2.71. The van der Waals surface area contributed by atoms with Gasteiger partial charge in [-0.25, -0.2) is 0 Å². The zero-order valence-corrected chi connectivity index (χ0v) is 13.9. The van der Waals surface area contributed by atoms with Crippen LogP contribution < -0.4 is 5.32 Å². The highest BCUT2D eigenvalue weighted by molar-refractivity contribution is 5.74. The molecule has 0 bridgehead atoms. The maximum absolute atomic E-state index is 5.73. The molecule has 1 N–H and O–H groups in total. The van der Waals surface area contributed by atoms with Crippen molar-refractivity contribution in [3.63, 3.8) is 0 Å². The van der Waals surface area contributed by atoms with Gasteiger partial charge in [0.15, 0.2) is 5.58 Å². The molecule has 0 aliphatic carbocycles. The highest BCUT2D eigenvalue weighted by Gasteiger charge is 2.15. The van der Waals surface area contributed by atoms with Gasteiger partial charge < -0.3 is 14.6 Å². The number of hydrogen-bond donors (Lipinski definition) is 1. The smallest absolute Gasteiger partial charge is 0.295 e. The number of para-hydroxylation sites is 2. The third-order valence-electron chi connectivity index (χ3n) is 4.14. The van der Waals surface area contributed by atoms with Crippen molar-refractivity contribution in [2.45, 2.75) is 19.4 Å². The number of nitrogens with one attached hydrogen (secondary N) is 1. The van der Waals surface area contributed by atoms with E-state index in [1.807, 2.05) is 24.3 Å². The normalized spacial score (nSPS) is 12.7. The van der Waals surface area contributed by atoms with Crippen LogP contribution in [0.2, 0.25) is 0 Å². The van der Waals surface area contributed by atoms with Gasteiger partial charge in [-0.15, -0.1) is 0 Å². The monoisotopic (exact) mass is 309 g/mol. The van der Waals surface area contributed by atoms with Crippen LogP contribution in [0.25, 0.3) is 11.1 Å². The molecule has 1 heterocycles. The van der Waals surface area contributed by atoms with Crippen molar-refractivity contribution in [3.8, 4) is 0 Å². The van der Waals surface area contributed by atoms with Gasteiger partial charge >= 0.3 is 0 Å². The third kappa shape index (κ3) is 3.54. The first-order valence-electron chi connectivity index (χ1n) is 8.02. The minimum absolute atomic E-state index is 0.260. The first-order valence-corrected chi connectivity index (χ1v) is 8.02. The summed E-state index contributed by atoms with van der Waals surface area (Å²) in [5.41, 5.74) is 4.33. The Labute approximate surface area is 137 Å². The Morgan fingerprint density at radius 2 is 1.83 bits per heavy atom. The van der Waals surface area contributed by atoms with E-state index in [0.29, 0.717) is 6.01 Å². The van der Waals surface area contributed by atoms with Crippen molar-refractivity contribution in [1.82, 2.24) is 9.88 Å². The number of likely N-dealkylation sites (N-methyl/N-ethyl adjacent to an activating group) is 1. The lowest BCUT2D eigenvalue weighted by Crippen LogP contribution is -2.26. The number of nitrogens with zero attached hydrogens (tertiary/aromatic N) is 2. The van der Waals surface area contributed by atoms with Gasteiger partial charge in [0.1, 0.15) is 5.52 Å². The molecule has 1 atom stereocenters. The van der Waals surface area contributed by atoms with Crippen LogP contribution >= 0.6 is 0 Å². The third-order valence-corrected chi connectivity index (χ3v) is 4.14. The van der Waals surface area contributed by atoms with E-state index in [0.717, 1.165) is 24.1 Å². The first kappa shape index (κ1) is 15.6. The molecule has 0 saturated carbocycles. The second-order valence-electron chi connectivity index (χ2n) is 5.94. The minimum Gasteiger partial charge on any atom is -0.424 e. The molecule has 0 aliphatic rings. The summed E-state index contributed by atoms with van der Waals surface area (Å²) in [5, 5.41) is 3.32. The average Bonchev–Trinajstić information content (AvgIpc) is 2.98. The molecule has 120 valence electrons. The van der Waals surface area contributed by atoms with E-state index in [2.05, 4.69) is 60.5 Å². The fraction of sp³-hybridized carbons (Fsp3) is 0.316. The number of oxazole rings is 1. The van der Waals surface area contributed by atoms with Crippen LogP contribution in [0.15, 0.2) is 52.9 Å². The highest BCUT2D eigenvalue weighted by atomic mass is 16.4. The molecule has 1 aromatic heterocycles. The maximum atomic E-state index is 5.73. The van der Waals surface area contributed by atoms with Crippen molar-refractivity contribution in [3.05, 3.63) is 59.7 Å². The van der Waals surface area contributed by atoms with E-state index in [1.54, 1.807) is 0 Å². The van der Waals surface area contributed by atoms with Gasteiger partial charge in [-0.2, -0.15) is 4.98 Å². The standard InChI is InChI=1S/C19H23N3O/c1-4-14-9-11-15(12-10-14)17(22(2)3)13-20-19-21-16-7-5-6-8-18(16)23-19/h5-12,17H,4,13H2,1-3H3,(H,20,21). The molecule has 1 unspecified atom stereocenters. The molecular weight excluding hydrogens is 286 g/mol. The fourth-order valence-electron chi connectivity index (χ4n) is 2.71. The second-order valence-corrected chi connectivity index (χ2v) is 5.94. The maximum Gasteiger partial charge on any atom is 0.295 e. The van der Waals surface area contributed by atoms with Gasteiger partial charge in [0.25, 0.3) is 6.01 Å². The molecule has 0 radical (unpaired) electrons. The van der Waals surface area contributed by atoms with Crippen molar-refractivity contribution < 1.29 is 4.42 Å². The number of aromatic nitrogens is 1. The molecule has 0 spiro atoms. The van der Waals surface area contributed by atoms with Gasteiger partial charge in [0, 0.05) is 6.54 Å². The highest BCUT2D eigenvalue weighted by Crippen LogP contribution is 2.22. The van der Waals surface area contributed by atoms with Crippen molar-refractivity contribution >= 4 is 17.1 Å². The Balaban J connectivity index is 1.74. The van der Waals surface area contributed by atoms with Gasteiger partial charge in [-0.1, -0.05) is 43.3 Å². The van der Waals surface area contributed by atoms with E-state index < -0.39 is 0 Å². The zero-order chi connectivity index (χ0) is 16.2. The Morgan fingerprint density at radius 3 is 2.48 bits per heavy atom. The lowest BCUT2D eigenvalue weighted by molar-refractivity contribution is 0.310. The Hall–Kier alpha value is -2.33. The van der Waals surface area contributed by atoms with Crippen molar-refractivity contribution in [1.29, 1.82) is 0 Å². The molecule has 0 fully saturated rings. The first-order chi connectivity index (χ1) is 11.2. The van der Waals surface area contributed by atoms with Crippen LogP contribution in [0.1, 0.15) is 24.1 Å². The molecule has 3 rings (SSSR count). The lowest BCUT2D eigenvalue weighted by atomic mass is 10.0. The number of hydrogen-bond acceptors (Lipinski definition) is 4. The predicted molar refractivity (Wildman–Crippen MR) is 94.7 cm³/mol. The predicted octanol–water partition coefficient (Wildman–Crippen LogP) is 4.11. The number of anilines is 1. The van der Waals surface area contributed by atoms with Crippen LogP contribution in [0.3, 0.4) is 0 Å². The van der Waals surface area contributed by atoms with E-state index in [-0.39, 0.29) is 6.04 Å². The van der Waals surface area contributed by atoms with Gasteiger partial charge in [0.2, 0.25) is 0 Å². The number of rotatable bonds is 6. The van der Waals surface area contributed by atoms with E-state index in [9.17, 15) is 0 Å². The minimum atomic E-state index is 0.260. The molecule has 0 aliphatic heterocycles. The van der Waals surface area contributed by atoms with E-state index in [1.165, 1.54) is 11.1 Å². The summed E-state index contributed by atoms with van der Waals surface area (Å²) >= 11 is 0. The average molecular weight is 309 g/mol. The second kappa shape index (κ2) is 6.84. The van der Waals surface area contributed by atoms with Crippen molar-refractivity contribution in [2.24, 2.45) is 0 Å². The SMILES string of the molecule is CCc1ccc(C(CNc2nc3ccccc3o2)N(C)C)cc1. The number of benzene rings is 2. The Morgan fingerprint density at radius 1 is 1.09 bits per heavy atom. The molecule has 3 aromatic rings. The Bertz CT molecular complexity index is 729. The molecule has 4 nitrogen and oxygen atoms in total. The van der Waals surface area contributed by atoms with E-state index in [4.69, 9.17) is 4.42 Å². The molecule has 2 aromatic carbocycles. The summed E-state index contributed by atoms with van der Waals surface area (Å²) in [4.78, 5) is 6.67.